The molecule has 18 heavy (non-hydrogen) atoms. The molecule has 0 radical (unpaired) electrons. The Bertz CT molecular complexity index is 429. The lowest BCUT2D eigenvalue weighted by Crippen LogP contribution is -2.40. The highest BCUT2D eigenvalue weighted by Crippen LogP contribution is 2.44. The van der Waals surface area contributed by atoms with Gasteiger partial charge in [-0.1, -0.05) is 0 Å². The first-order valence-corrected chi connectivity index (χ1v) is 7.00. The minimum Gasteiger partial charge on any atom is -0.396 e. The topological polar surface area (TPSA) is 74.2 Å². The number of carbonyl (C=O) groups is 1. The fraction of sp³-hybridized carbons (Fsp3) is 0.667. The van der Waals surface area contributed by atoms with E-state index in [4.69, 9.17) is 5.11 Å². The van der Waals surface area contributed by atoms with Crippen molar-refractivity contribution in [3.63, 3.8) is 0 Å². The summed E-state index contributed by atoms with van der Waals surface area (Å²) in [5, 5.41) is 17.7. The molecule has 1 atom stereocenters. The number of aliphatic hydroxyl groups is 1. The Hall–Kier alpha value is -1.14. The van der Waals surface area contributed by atoms with Crippen LogP contribution in [0.25, 0.3) is 0 Å². The van der Waals surface area contributed by atoms with Crippen LogP contribution >= 0.6 is 11.3 Å². The number of carbonyl (C=O) groups excluding carboxylic acids is 1. The second-order valence-electron chi connectivity index (χ2n) is 5.03. The summed E-state index contributed by atoms with van der Waals surface area (Å²) in [4.78, 5) is 16.0. The van der Waals surface area contributed by atoms with Gasteiger partial charge in [0.2, 0.25) is 0 Å². The monoisotopic (exact) mass is 269 g/mol. The molecule has 1 fully saturated rings. The predicted octanol–water partition coefficient (Wildman–Crippen LogP) is 1.58. The Kier molecular flexibility index (Phi) is 3.87. The van der Waals surface area contributed by atoms with Gasteiger partial charge in [0.1, 0.15) is 5.01 Å². The Morgan fingerprint density at radius 1 is 1.67 bits per heavy atom. The van der Waals surface area contributed by atoms with Crippen molar-refractivity contribution in [2.75, 3.05) is 13.2 Å². The third-order valence-electron chi connectivity index (χ3n) is 3.27. The third-order valence-corrected chi connectivity index (χ3v) is 4.42. The van der Waals surface area contributed by atoms with Crippen molar-refractivity contribution >= 4 is 17.4 Å². The Labute approximate surface area is 111 Å². The average Bonchev–Trinajstić information content (AvgIpc) is 3.01. The highest BCUT2D eigenvalue weighted by atomic mass is 32.1. The normalized spacial score (nSPS) is 18.2. The van der Waals surface area contributed by atoms with E-state index in [9.17, 15) is 4.79 Å². The molecule has 1 unspecified atom stereocenters. The van der Waals surface area contributed by atoms with Crippen LogP contribution < -0.4 is 10.6 Å². The minimum absolute atomic E-state index is 0.0572. The molecule has 6 heteroatoms. The van der Waals surface area contributed by atoms with Crippen LogP contribution in [0.5, 0.6) is 0 Å². The Morgan fingerprint density at radius 2 is 2.39 bits per heavy atom. The summed E-state index contributed by atoms with van der Waals surface area (Å²) in [7, 11) is 0. The van der Waals surface area contributed by atoms with Crippen LogP contribution in [-0.4, -0.2) is 29.3 Å². The molecule has 2 amide bonds. The van der Waals surface area contributed by atoms with Crippen LogP contribution in [0.3, 0.4) is 0 Å². The predicted molar refractivity (Wildman–Crippen MR) is 70.6 cm³/mol. The lowest BCUT2D eigenvalue weighted by atomic mass is 10.1. The van der Waals surface area contributed by atoms with Crippen molar-refractivity contribution in [1.29, 1.82) is 0 Å². The molecule has 1 aliphatic carbocycles. The van der Waals surface area contributed by atoms with E-state index in [-0.39, 0.29) is 24.1 Å². The first-order valence-electron chi connectivity index (χ1n) is 6.12. The molecule has 2 rings (SSSR count). The van der Waals surface area contributed by atoms with Gasteiger partial charge in [-0.05, 0) is 26.7 Å². The van der Waals surface area contributed by atoms with E-state index in [0.29, 0.717) is 6.54 Å². The van der Waals surface area contributed by atoms with E-state index in [1.165, 1.54) is 0 Å². The number of hydrogen-bond donors (Lipinski definition) is 3. The largest absolute Gasteiger partial charge is 0.396 e. The van der Waals surface area contributed by atoms with Crippen LogP contribution in [-0.2, 0) is 0 Å². The number of aryl methyl sites for hydroxylation is 1. The van der Waals surface area contributed by atoms with E-state index in [0.717, 1.165) is 23.5 Å². The second kappa shape index (κ2) is 5.24. The zero-order chi connectivity index (χ0) is 13.2. The van der Waals surface area contributed by atoms with Gasteiger partial charge >= 0.3 is 6.03 Å². The quantitative estimate of drug-likeness (QED) is 0.760. The van der Waals surface area contributed by atoms with Crippen LogP contribution in [0.4, 0.5) is 4.79 Å². The molecule has 5 nitrogen and oxygen atoms in total. The van der Waals surface area contributed by atoms with Crippen molar-refractivity contribution in [3.8, 4) is 0 Å². The first-order chi connectivity index (χ1) is 8.54. The minimum atomic E-state index is -0.199. The van der Waals surface area contributed by atoms with Gasteiger partial charge in [0, 0.05) is 23.0 Å². The summed E-state index contributed by atoms with van der Waals surface area (Å²) in [5.74, 6) is 0. The Balaban J connectivity index is 1.77. The van der Waals surface area contributed by atoms with Crippen LogP contribution in [0.1, 0.15) is 36.5 Å². The maximum Gasteiger partial charge on any atom is 0.315 e. The third kappa shape index (κ3) is 3.20. The van der Waals surface area contributed by atoms with E-state index < -0.39 is 0 Å². The SMILES string of the molecule is Cc1csc(C(C)NC(=O)NCC2(CO)CC2)n1. The fourth-order valence-corrected chi connectivity index (χ4v) is 2.52. The van der Waals surface area contributed by atoms with Crippen molar-refractivity contribution in [3.05, 3.63) is 16.1 Å². The van der Waals surface area contributed by atoms with Gasteiger partial charge in [-0.2, -0.15) is 0 Å². The van der Waals surface area contributed by atoms with Gasteiger partial charge in [0.15, 0.2) is 0 Å². The number of amides is 2. The summed E-state index contributed by atoms with van der Waals surface area (Å²) in [6.45, 7) is 4.54. The van der Waals surface area contributed by atoms with Crippen molar-refractivity contribution in [2.45, 2.75) is 32.7 Å². The molecule has 1 heterocycles. The summed E-state index contributed by atoms with van der Waals surface area (Å²) < 4.78 is 0. The molecule has 0 aliphatic heterocycles. The van der Waals surface area contributed by atoms with Crippen LogP contribution in [0.15, 0.2) is 5.38 Å². The first kappa shape index (κ1) is 13.3. The maximum atomic E-state index is 11.7. The van der Waals surface area contributed by atoms with Crippen LogP contribution in [0, 0.1) is 12.3 Å². The molecule has 1 aromatic rings. The van der Waals surface area contributed by atoms with Gasteiger partial charge < -0.3 is 15.7 Å². The molecule has 1 saturated carbocycles. The molecule has 3 N–H and O–H groups in total. The number of nitrogens with one attached hydrogen (secondary N) is 2. The van der Waals surface area contributed by atoms with Gasteiger partial charge in [0.25, 0.3) is 0 Å². The number of nitrogens with zero attached hydrogens (tertiary/aromatic N) is 1. The lowest BCUT2D eigenvalue weighted by Gasteiger charge is -2.15. The van der Waals surface area contributed by atoms with Gasteiger partial charge in [-0.3, -0.25) is 0 Å². The molecule has 0 bridgehead atoms. The molecule has 1 aromatic heterocycles. The lowest BCUT2D eigenvalue weighted by molar-refractivity contribution is 0.202. The molecular formula is C12H19N3O2S. The van der Waals surface area contributed by atoms with Gasteiger partial charge in [0.05, 0.1) is 12.6 Å². The van der Waals surface area contributed by atoms with Crippen LogP contribution in [0.2, 0.25) is 0 Å². The highest BCUT2D eigenvalue weighted by Gasteiger charge is 2.42. The molecule has 0 saturated heterocycles. The number of urea groups is 1. The highest BCUT2D eigenvalue weighted by molar-refractivity contribution is 7.09. The standard InChI is InChI=1S/C12H19N3O2S/c1-8-5-18-10(14-8)9(2)15-11(17)13-6-12(7-16)3-4-12/h5,9,16H,3-4,6-7H2,1-2H3,(H2,13,15,17). The average molecular weight is 269 g/mol. The summed E-state index contributed by atoms with van der Waals surface area (Å²) >= 11 is 1.55. The number of aromatic nitrogens is 1. The zero-order valence-electron chi connectivity index (χ0n) is 10.7. The number of aliphatic hydroxyl groups excluding tert-OH is 1. The molecular weight excluding hydrogens is 250 g/mol. The number of rotatable bonds is 5. The van der Waals surface area contributed by atoms with E-state index in [1.807, 2.05) is 19.2 Å². The molecule has 0 spiro atoms. The van der Waals surface area contributed by atoms with Crippen molar-refractivity contribution < 1.29 is 9.90 Å². The fourth-order valence-electron chi connectivity index (χ4n) is 1.72. The summed E-state index contributed by atoms with van der Waals surface area (Å²) in [5.41, 5.74) is 0.916. The van der Waals surface area contributed by atoms with Crippen molar-refractivity contribution in [2.24, 2.45) is 5.41 Å². The maximum absolute atomic E-state index is 11.7. The molecule has 100 valence electrons. The molecule has 1 aliphatic rings. The number of hydrogen-bond acceptors (Lipinski definition) is 4. The van der Waals surface area contributed by atoms with Gasteiger partial charge in [-0.15, -0.1) is 11.3 Å². The van der Waals surface area contributed by atoms with E-state index in [1.54, 1.807) is 11.3 Å². The Morgan fingerprint density at radius 3 is 2.89 bits per heavy atom. The second-order valence-corrected chi connectivity index (χ2v) is 5.92. The van der Waals surface area contributed by atoms with E-state index in [2.05, 4.69) is 15.6 Å². The zero-order valence-corrected chi connectivity index (χ0v) is 11.5. The van der Waals surface area contributed by atoms with Crippen molar-refractivity contribution in [1.82, 2.24) is 15.6 Å². The van der Waals surface area contributed by atoms with Gasteiger partial charge in [-0.25, -0.2) is 9.78 Å². The van der Waals surface area contributed by atoms with E-state index >= 15 is 0 Å². The summed E-state index contributed by atoms with van der Waals surface area (Å²) in [6.07, 6.45) is 1.98. The summed E-state index contributed by atoms with van der Waals surface area (Å²) in [6, 6.07) is -0.289. The smallest absolute Gasteiger partial charge is 0.315 e. The molecule has 0 aromatic carbocycles. The number of thiazole rings is 1.